The minimum Gasteiger partial charge on any atom is -0.497 e. The molecule has 2 saturated carbocycles. The van der Waals surface area contributed by atoms with E-state index in [-0.39, 0.29) is 42.6 Å². The molecule has 4 rings (SSSR count). The van der Waals surface area contributed by atoms with Crippen molar-refractivity contribution in [3.05, 3.63) is 59.7 Å². The predicted molar refractivity (Wildman–Crippen MR) is 200 cm³/mol. The molecule has 0 amide bonds. The fourth-order valence-corrected chi connectivity index (χ4v) is 6.34. The summed E-state index contributed by atoms with van der Waals surface area (Å²) in [5.74, 6) is 1.61. The molecule has 0 spiro atoms. The summed E-state index contributed by atoms with van der Waals surface area (Å²) in [4.78, 5) is 23.4. The summed E-state index contributed by atoms with van der Waals surface area (Å²) in [5, 5.41) is 16.7. The van der Waals surface area contributed by atoms with Crippen LogP contribution >= 0.6 is 34.8 Å². The highest BCUT2D eigenvalue weighted by atomic mass is 35.6. The molecule has 0 radical (unpaired) electrons. The van der Waals surface area contributed by atoms with E-state index in [0.29, 0.717) is 38.1 Å². The van der Waals surface area contributed by atoms with Gasteiger partial charge in [0.05, 0.1) is 58.1 Å². The molecule has 51 heavy (non-hydrogen) atoms. The molecule has 0 saturated heterocycles. The number of alkyl halides is 3. The number of ether oxygens (including phenoxy) is 6. The third kappa shape index (κ3) is 15.4. The van der Waals surface area contributed by atoms with E-state index in [0.717, 1.165) is 54.7 Å². The summed E-state index contributed by atoms with van der Waals surface area (Å²) in [5.41, 5.74) is 1.98. The van der Waals surface area contributed by atoms with Crippen LogP contribution in [-0.4, -0.2) is 66.4 Å². The number of esters is 2. The van der Waals surface area contributed by atoms with Crippen LogP contribution in [0.3, 0.4) is 0 Å². The fraction of sp³-hybridized carbons (Fsp3) is 0.605. The Labute approximate surface area is 317 Å². The highest BCUT2D eigenvalue weighted by Crippen LogP contribution is 2.37. The molecular weight excluding hydrogens is 721 g/mol. The van der Waals surface area contributed by atoms with Gasteiger partial charge in [-0.05, 0) is 86.8 Å². The molecular formula is C38H54Cl3NO9. The normalized spacial score (nSPS) is 22.4. The molecule has 0 aromatic heterocycles. The van der Waals surface area contributed by atoms with Gasteiger partial charge in [0.1, 0.15) is 18.1 Å². The van der Waals surface area contributed by atoms with Crippen molar-refractivity contribution in [1.82, 2.24) is 0 Å². The summed E-state index contributed by atoms with van der Waals surface area (Å²) in [6.07, 6.45) is 4.81. The zero-order valence-corrected chi connectivity index (χ0v) is 32.8. The van der Waals surface area contributed by atoms with E-state index in [1.807, 2.05) is 50.2 Å². The molecule has 6 atom stereocenters. The molecule has 2 N–H and O–H groups in total. The number of aliphatic hydroxyl groups is 1. The van der Waals surface area contributed by atoms with Gasteiger partial charge in [0.15, 0.2) is 0 Å². The maximum Gasteiger partial charge on any atom is 0.309 e. The molecule has 286 valence electrons. The minimum absolute atomic E-state index is 0.00850. The number of methoxy groups -OCH3 is 2. The fourth-order valence-electron chi connectivity index (χ4n) is 6.18. The molecule has 2 aliphatic rings. The maximum atomic E-state index is 12.0. The van der Waals surface area contributed by atoms with Crippen LogP contribution in [0, 0.1) is 29.1 Å². The Balaban J connectivity index is 0.000000276. The average Bonchev–Trinajstić information content (AvgIpc) is 3.73. The summed E-state index contributed by atoms with van der Waals surface area (Å²) in [6.45, 7) is 9.47. The number of hydrogen-bond donors (Lipinski definition) is 2. The van der Waals surface area contributed by atoms with Crippen molar-refractivity contribution in [2.24, 2.45) is 23.7 Å². The van der Waals surface area contributed by atoms with Crippen LogP contribution in [0.4, 0.5) is 0 Å². The van der Waals surface area contributed by atoms with Gasteiger partial charge in [0.25, 0.3) is 3.79 Å². The van der Waals surface area contributed by atoms with Gasteiger partial charge in [-0.2, -0.15) is 0 Å². The van der Waals surface area contributed by atoms with Gasteiger partial charge in [0, 0.05) is 0 Å². The molecule has 0 heterocycles. The third-order valence-corrected chi connectivity index (χ3v) is 9.51. The van der Waals surface area contributed by atoms with Gasteiger partial charge < -0.3 is 33.5 Å². The molecule has 2 aromatic rings. The summed E-state index contributed by atoms with van der Waals surface area (Å²) >= 11 is 16.4. The van der Waals surface area contributed by atoms with E-state index in [1.165, 1.54) is 0 Å². The molecule has 13 heteroatoms. The second-order valence-corrected chi connectivity index (χ2v) is 14.7. The lowest BCUT2D eigenvalue weighted by Gasteiger charge is -2.15. The summed E-state index contributed by atoms with van der Waals surface area (Å²) in [6, 6.07) is 15.1. The molecule has 2 aliphatic carbocycles. The summed E-state index contributed by atoms with van der Waals surface area (Å²) < 4.78 is 29.5. The van der Waals surface area contributed by atoms with Gasteiger partial charge in [-0.1, -0.05) is 85.8 Å². The van der Waals surface area contributed by atoms with Gasteiger partial charge >= 0.3 is 11.9 Å². The highest BCUT2D eigenvalue weighted by molar-refractivity contribution is 6.76. The first-order valence-corrected chi connectivity index (χ1v) is 18.6. The maximum absolute atomic E-state index is 12.0. The van der Waals surface area contributed by atoms with E-state index in [1.54, 1.807) is 26.4 Å². The van der Waals surface area contributed by atoms with Crippen molar-refractivity contribution < 1.29 is 43.1 Å². The van der Waals surface area contributed by atoms with Crippen LogP contribution in [-0.2, 0) is 41.8 Å². The van der Waals surface area contributed by atoms with E-state index in [2.05, 4.69) is 13.8 Å². The number of carbonyl (C=O) groups excluding carboxylic acids is 2. The number of aliphatic hydroxyl groups excluding tert-OH is 1. The Kier molecular flexibility index (Phi) is 20.0. The number of carbonyl (C=O) groups is 2. The summed E-state index contributed by atoms with van der Waals surface area (Å²) in [7, 11) is 3.24. The Morgan fingerprint density at radius 1 is 0.706 bits per heavy atom. The first-order valence-electron chi connectivity index (χ1n) is 17.5. The van der Waals surface area contributed by atoms with Gasteiger partial charge in [-0.15, -0.1) is 0 Å². The topological polar surface area (TPSA) is 134 Å². The second kappa shape index (κ2) is 23.0. The van der Waals surface area contributed by atoms with Crippen molar-refractivity contribution in [3.63, 3.8) is 0 Å². The lowest BCUT2D eigenvalue weighted by Crippen LogP contribution is -2.21. The van der Waals surface area contributed by atoms with Gasteiger partial charge in [-0.25, -0.2) is 0 Å². The van der Waals surface area contributed by atoms with Crippen molar-refractivity contribution in [2.45, 2.75) is 95.4 Å². The highest BCUT2D eigenvalue weighted by Gasteiger charge is 2.39. The quantitative estimate of drug-likeness (QED) is 0.0890. The molecule has 0 bridgehead atoms. The first kappa shape index (κ1) is 44.4. The molecule has 2 aromatic carbocycles. The van der Waals surface area contributed by atoms with Crippen molar-refractivity contribution in [3.8, 4) is 11.5 Å². The van der Waals surface area contributed by atoms with Gasteiger partial charge in [0.2, 0.25) is 5.90 Å². The number of hydrogen-bond acceptors (Lipinski definition) is 10. The molecule has 10 nitrogen and oxygen atoms in total. The van der Waals surface area contributed by atoms with E-state index in [9.17, 15) is 14.7 Å². The zero-order chi connectivity index (χ0) is 38.0. The lowest BCUT2D eigenvalue weighted by atomic mass is 9.94. The van der Waals surface area contributed by atoms with Crippen LogP contribution in [0.25, 0.3) is 0 Å². The minimum atomic E-state index is -1.81. The second-order valence-electron chi connectivity index (χ2n) is 12.4. The van der Waals surface area contributed by atoms with Crippen LogP contribution in [0.15, 0.2) is 48.5 Å². The number of nitrogens with one attached hydrogen (secondary N) is 1. The van der Waals surface area contributed by atoms with Crippen LogP contribution in [0.5, 0.6) is 11.5 Å². The standard InChI is InChI=1S/C18H26O4.C10H10Cl3NO2.C10H18O3/c1-4-14-10-16(11-17(14)18(19)21-5-2)22-12-13-6-8-15(20-3)9-7-13;1-15-8-4-2-7(3-5-8)6-16-9(14)10(11,12)13;1-3-7-5-8(11)6-9(7)10(12)13-4-2/h6-9,14,16-17H,4-5,10-12H2,1-3H3;2-5,14H,6H2,1H3;7-9,11H,3-6H2,1-2H3. The van der Waals surface area contributed by atoms with E-state index in [4.69, 9.17) is 68.6 Å². The molecule has 2 fully saturated rings. The predicted octanol–water partition coefficient (Wildman–Crippen LogP) is 8.49. The third-order valence-electron chi connectivity index (χ3n) is 8.99. The van der Waals surface area contributed by atoms with Crippen molar-refractivity contribution in [1.29, 1.82) is 5.41 Å². The SMILES string of the molecule is CCOC(=O)C1CC(O)CC1CC.CCOC(=O)C1CC(OCc2ccc(OC)cc2)CC1CC.COc1ccc(COC(=N)C(Cl)(Cl)Cl)cc1. The van der Waals surface area contributed by atoms with E-state index < -0.39 is 9.69 Å². The van der Waals surface area contributed by atoms with Crippen LogP contribution < -0.4 is 9.47 Å². The number of halogens is 3. The zero-order valence-electron chi connectivity index (χ0n) is 30.5. The lowest BCUT2D eigenvalue weighted by molar-refractivity contribution is -0.150. The number of rotatable bonds is 13. The first-order chi connectivity index (χ1) is 24.3. The molecule has 6 unspecified atom stereocenters. The van der Waals surface area contributed by atoms with Crippen molar-refractivity contribution in [2.75, 3.05) is 27.4 Å². The van der Waals surface area contributed by atoms with Gasteiger partial charge in [-0.3, -0.25) is 15.0 Å². The molecule has 0 aliphatic heterocycles. The van der Waals surface area contributed by atoms with Crippen LogP contribution in [0.1, 0.15) is 77.3 Å². The smallest absolute Gasteiger partial charge is 0.309 e. The number of benzene rings is 2. The van der Waals surface area contributed by atoms with Crippen LogP contribution in [0.2, 0.25) is 0 Å². The largest absolute Gasteiger partial charge is 0.497 e. The Morgan fingerprint density at radius 2 is 1.16 bits per heavy atom. The average molecular weight is 775 g/mol. The van der Waals surface area contributed by atoms with Crippen molar-refractivity contribution >= 4 is 52.6 Å². The Morgan fingerprint density at radius 3 is 1.59 bits per heavy atom. The monoisotopic (exact) mass is 773 g/mol. The Hall–Kier alpha value is -2.76. The Bertz CT molecular complexity index is 1320. The van der Waals surface area contributed by atoms with E-state index >= 15 is 0 Å².